The van der Waals surface area contributed by atoms with Crippen LogP contribution in [0.25, 0.3) is 0 Å². The molecule has 0 aliphatic heterocycles. The highest BCUT2D eigenvalue weighted by Gasteiger charge is 2.13. The van der Waals surface area contributed by atoms with Gasteiger partial charge in [0.05, 0.1) is 5.75 Å². The van der Waals surface area contributed by atoms with Gasteiger partial charge in [0.1, 0.15) is 17.3 Å². The van der Waals surface area contributed by atoms with Crippen molar-refractivity contribution >= 4 is 21.0 Å². The van der Waals surface area contributed by atoms with E-state index < -0.39 is 10.1 Å². The molecule has 0 saturated carbocycles. The molecule has 0 unspecified atom stereocenters. The summed E-state index contributed by atoms with van der Waals surface area (Å²) in [6.45, 7) is 4.22. The fourth-order valence-electron chi connectivity index (χ4n) is 0.938. The Labute approximate surface area is 77.6 Å². The minimum atomic E-state index is -3.73. The Bertz CT molecular complexity index is 195. The number of hydrogen-bond donors (Lipinski definition) is 1. The standard InChI is InChI=1S/C7H16O3S2/c1-3-11(4-2)6-5-7-12(8,9)10/h3-7H2,1-2H3/p+1. The molecule has 74 valence electrons. The fourth-order valence-corrected chi connectivity index (χ4v) is 3.17. The molecule has 0 radical (unpaired) electrons. The maximum Gasteiger partial charge on any atom is 0.265 e. The first-order valence-electron chi connectivity index (χ1n) is 4.08. The van der Waals surface area contributed by atoms with Crippen LogP contribution in [0.4, 0.5) is 0 Å². The Kier molecular flexibility index (Phi) is 5.96. The van der Waals surface area contributed by atoms with Crippen molar-refractivity contribution in [3.05, 3.63) is 0 Å². The second-order valence-corrected chi connectivity index (χ2v) is 6.89. The van der Waals surface area contributed by atoms with E-state index in [4.69, 9.17) is 4.55 Å². The molecule has 5 heteroatoms. The first-order valence-corrected chi connectivity index (χ1v) is 7.43. The van der Waals surface area contributed by atoms with Gasteiger partial charge >= 0.3 is 0 Å². The topological polar surface area (TPSA) is 54.4 Å². The normalized spacial score (nSPS) is 12.3. The predicted molar refractivity (Wildman–Crippen MR) is 54.3 cm³/mol. The first kappa shape index (κ1) is 12.3. The molecular formula is C7H17O3S2+. The zero-order valence-electron chi connectivity index (χ0n) is 7.62. The van der Waals surface area contributed by atoms with Crippen molar-refractivity contribution in [3.8, 4) is 0 Å². The predicted octanol–water partition coefficient (Wildman–Crippen LogP) is 0.922. The van der Waals surface area contributed by atoms with Gasteiger partial charge in [-0.2, -0.15) is 8.42 Å². The minimum absolute atomic E-state index is 0.0868. The average molecular weight is 213 g/mol. The second-order valence-electron chi connectivity index (χ2n) is 2.53. The molecule has 0 aliphatic carbocycles. The third kappa shape index (κ3) is 6.94. The van der Waals surface area contributed by atoms with Crippen molar-refractivity contribution in [2.75, 3.05) is 23.0 Å². The Morgan fingerprint density at radius 2 is 1.75 bits per heavy atom. The van der Waals surface area contributed by atoms with Gasteiger partial charge in [-0.3, -0.25) is 4.55 Å². The highest BCUT2D eigenvalue weighted by Crippen LogP contribution is 2.00. The molecular weight excluding hydrogens is 196 g/mol. The molecule has 0 rings (SSSR count). The van der Waals surface area contributed by atoms with Crippen LogP contribution < -0.4 is 0 Å². The number of hydrogen-bond acceptors (Lipinski definition) is 2. The Hall–Kier alpha value is 0.260. The average Bonchev–Trinajstić information content (AvgIpc) is 1.96. The molecule has 0 fully saturated rings. The highest BCUT2D eigenvalue weighted by atomic mass is 32.2. The van der Waals surface area contributed by atoms with E-state index in [0.29, 0.717) is 17.3 Å². The van der Waals surface area contributed by atoms with E-state index in [1.807, 2.05) is 0 Å². The minimum Gasteiger partial charge on any atom is -0.286 e. The summed E-state index contributed by atoms with van der Waals surface area (Å²) in [5.74, 6) is 3.06. The lowest BCUT2D eigenvalue weighted by Crippen LogP contribution is -2.16. The zero-order valence-corrected chi connectivity index (χ0v) is 9.25. The molecule has 0 heterocycles. The maximum absolute atomic E-state index is 10.3. The van der Waals surface area contributed by atoms with E-state index in [1.54, 1.807) is 0 Å². The largest absolute Gasteiger partial charge is 0.286 e. The van der Waals surface area contributed by atoms with Crippen molar-refractivity contribution in [3.63, 3.8) is 0 Å². The molecule has 0 saturated heterocycles. The Balaban J connectivity index is 3.55. The first-order chi connectivity index (χ1) is 5.49. The highest BCUT2D eigenvalue weighted by molar-refractivity contribution is 7.96. The summed E-state index contributed by atoms with van der Waals surface area (Å²) in [7, 11) is -3.38. The lowest BCUT2D eigenvalue weighted by Gasteiger charge is -2.02. The van der Waals surface area contributed by atoms with Gasteiger partial charge in [-0.15, -0.1) is 0 Å². The molecule has 0 aromatic heterocycles. The summed E-state index contributed by atoms with van der Waals surface area (Å²) < 4.78 is 29.1. The van der Waals surface area contributed by atoms with E-state index in [1.165, 1.54) is 0 Å². The van der Waals surface area contributed by atoms with Gasteiger partial charge in [-0.05, 0) is 24.7 Å². The summed E-state index contributed by atoms with van der Waals surface area (Å²) in [5, 5.41) is 0. The molecule has 3 nitrogen and oxygen atoms in total. The zero-order chi connectivity index (χ0) is 9.61. The van der Waals surface area contributed by atoms with Gasteiger partial charge in [-0.1, -0.05) is 0 Å². The third-order valence-electron chi connectivity index (χ3n) is 1.65. The Morgan fingerprint density at radius 1 is 1.25 bits per heavy atom. The molecule has 0 aromatic carbocycles. The molecule has 0 aliphatic rings. The van der Waals surface area contributed by atoms with Crippen molar-refractivity contribution in [1.82, 2.24) is 0 Å². The summed E-state index contributed by atoms with van der Waals surface area (Å²) in [5.41, 5.74) is 0. The van der Waals surface area contributed by atoms with Crippen LogP contribution in [-0.2, 0) is 21.0 Å². The van der Waals surface area contributed by atoms with Crippen LogP contribution in [0.3, 0.4) is 0 Å². The van der Waals surface area contributed by atoms with Gasteiger partial charge in [0.15, 0.2) is 0 Å². The number of rotatable bonds is 6. The van der Waals surface area contributed by atoms with Crippen molar-refractivity contribution in [2.45, 2.75) is 20.3 Å². The van der Waals surface area contributed by atoms with E-state index in [2.05, 4.69) is 13.8 Å². The SMILES string of the molecule is CC[S+](CC)CCCS(=O)(=O)O. The van der Waals surface area contributed by atoms with Crippen LogP contribution in [0, 0.1) is 0 Å². The quantitative estimate of drug-likeness (QED) is 0.527. The summed E-state index contributed by atoms with van der Waals surface area (Å²) in [6, 6.07) is 0. The maximum atomic E-state index is 10.3. The molecule has 0 spiro atoms. The van der Waals surface area contributed by atoms with Gasteiger partial charge in [-0.25, -0.2) is 0 Å². The molecule has 12 heavy (non-hydrogen) atoms. The van der Waals surface area contributed by atoms with Crippen LogP contribution in [0.15, 0.2) is 0 Å². The summed E-state index contributed by atoms with van der Waals surface area (Å²) >= 11 is 0. The van der Waals surface area contributed by atoms with Gasteiger partial charge in [0, 0.05) is 6.42 Å². The van der Waals surface area contributed by atoms with Crippen LogP contribution in [0.5, 0.6) is 0 Å². The van der Waals surface area contributed by atoms with Crippen LogP contribution in [0.2, 0.25) is 0 Å². The molecule has 0 atom stereocenters. The van der Waals surface area contributed by atoms with Crippen molar-refractivity contribution in [2.24, 2.45) is 0 Å². The smallest absolute Gasteiger partial charge is 0.265 e. The van der Waals surface area contributed by atoms with Crippen molar-refractivity contribution < 1.29 is 13.0 Å². The van der Waals surface area contributed by atoms with Crippen LogP contribution in [0.1, 0.15) is 20.3 Å². The lowest BCUT2D eigenvalue weighted by atomic mass is 10.6. The Morgan fingerprint density at radius 3 is 2.08 bits per heavy atom. The molecule has 0 bridgehead atoms. The van der Waals surface area contributed by atoms with E-state index in [0.717, 1.165) is 17.3 Å². The van der Waals surface area contributed by atoms with Gasteiger partial charge in [0.2, 0.25) is 0 Å². The van der Waals surface area contributed by atoms with Crippen LogP contribution >= 0.6 is 0 Å². The fraction of sp³-hybridized carbons (Fsp3) is 1.00. The summed E-state index contributed by atoms with van der Waals surface area (Å²) in [4.78, 5) is 0. The third-order valence-corrected chi connectivity index (χ3v) is 4.96. The molecule has 0 aromatic rings. The van der Waals surface area contributed by atoms with Crippen LogP contribution in [-0.4, -0.2) is 36.0 Å². The molecule has 0 amide bonds. The van der Waals surface area contributed by atoms with E-state index >= 15 is 0 Å². The van der Waals surface area contributed by atoms with E-state index in [9.17, 15) is 8.42 Å². The van der Waals surface area contributed by atoms with Crippen molar-refractivity contribution in [1.29, 1.82) is 0 Å². The van der Waals surface area contributed by atoms with Gasteiger partial charge < -0.3 is 0 Å². The second kappa shape index (κ2) is 5.83. The van der Waals surface area contributed by atoms with Gasteiger partial charge in [0.25, 0.3) is 10.1 Å². The summed E-state index contributed by atoms with van der Waals surface area (Å²) in [6.07, 6.45) is 0.587. The lowest BCUT2D eigenvalue weighted by molar-refractivity contribution is 0.482. The molecule has 1 N–H and O–H groups in total. The monoisotopic (exact) mass is 213 g/mol. The van der Waals surface area contributed by atoms with E-state index in [-0.39, 0.29) is 5.75 Å².